The number of anilines is 2. The van der Waals surface area contributed by atoms with E-state index >= 15 is 0 Å². The summed E-state index contributed by atoms with van der Waals surface area (Å²) < 4.78 is 7.80. The van der Waals surface area contributed by atoms with Crippen LogP contribution in [0.2, 0.25) is 0 Å². The fourth-order valence-electron chi connectivity index (χ4n) is 4.98. The van der Waals surface area contributed by atoms with Crippen LogP contribution in [-0.4, -0.2) is 56.0 Å². The molecule has 0 spiro atoms. The maximum atomic E-state index is 13.7. The van der Waals surface area contributed by atoms with E-state index in [0.29, 0.717) is 40.1 Å². The maximum Gasteiger partial charge on any atom is 0.267 e. The van der Waals surface area contributed by atoms with Crippen molar-refractivity contribution in [3.8, 4) is 11.4 Å². The normalized spacial score (nSPS) is 15.2. The molecule has 5 heterocycles. The molecule has 0 fully saturated rings. The van der Waals surface area contributed by atoms with Crippen molar-refractivity contribution >= 4 is 44.5 Å². The Labute approximate surface area is 210 Å². The number of H-pyrrole nitrogens is 1. The van der Waals surface area contributed by atoms with Crippen molar-refractivity contribution in [1.82, 2.24) is 29.7 Å². The molecular weight excluding hydrogens is 468 g/mol. The summed E-state index contributed by atoms with van der Waals surface area (Å²) in [7, 11) is 2.05. The summed E-state index contributed by atoms with van der Waals surface area (Å²) in [4.78, 5) is 29.7. The predicted octanol–water partition coefficient (Wildman–Crippen LogP) is 3.51. The van der Waals surface area contributed by atoms with Crippen molar-refractivity contribution in [2.45, 2.75) is 6.10 Å². The minimum absolute atomic E-state index is 0.0978. The van der Waals surface area contributed by atoms with E-state index in [9.17, 15) is 4.79 Å². The molecule has 1 atom stereocenters. The Morgan fingerprint density at radius 3 is 2.86 bits per heavy atom. The number of pyridine rings is 2. The van der Waals surface area contributed by atoms with Crippen molar-refractivity contribution in [2.75, 3.05) is 30.4 Å². The van der Waals surface area contributed by atoms with Crippen LogP contribution in [0.1, 0.15) is 0 Å². The fraction of sp³-hybridized carbons (Fsp3) is 0.148. The van der Waals surface area contributed by atoms with E-state index in [2.05, 4.69) is 30.4 Å². The van der Waals surface area contributed by atoms with Crippen LogP contribution in [0.25, 0.3) is 38.5 Å². The van der Waals surface area contributed by atoms with Crippen LogP contribution in [0, 0.1) is 0 Å². The molecule has 0 bridgehead atoms. The van der Waals surface area contributed by atoms with Crippen LogP contribution in [0.4, 0.5) is 11.6 Å². The quantitative estimate of drug-likeness (QED) is 0.386. The molecule has 10 heteroatoms. The molecule has 4 aromatic heterocycles. The van der Waals surface area contributed by atoms with Crippen molar-refractivity contribution in [3.05, 3.63) is 83.5 Å². The zero-order chi connectivity index (χ0) is 24.9. The average molecular weight is 491 g/mol. The van der Waals surface area contributed by atoms with Gasteiger partial charge < -0.3 is 15.0 Å². The maximum absolute atomic E-state index is 13.7. The summed E-state index contributed by atoms with van der Waals surface area (Å²) in [5.41, 5.74) is 3.34. The number of benzene rings is 2. The molecule has 1 aliphatic heterocycles. The minimum Gasteiger partial charge on any atom is -0.485 e. The second-order valence-corrected chi connectivity index (χ2v) is 9.04. The molecule has 0 saturated heterocycles. The highest BCUT2D eigenvalue weighted by Crippen LogP contribution is 2.32. The van der Waals surface area contributed by atoms with E-state index in [1.54, 1.807) is 23.2 Å². The van der Waals surface area contributed by atoms with Gasteiger partial charge in [0.1, 0.15) is 17.4 Å². The molecule has 0 amide bonds. The van der Waals surface area contributed by atoms with E-state index in [1.165, 1.54) is 0 Å². The highest BCUT2D eigenvalue weighted by Gasteiger charge is 2.23. The molecule has 0 radical (unpaired) electrons. The zero-order valence-corrected chi connectivity index (χ0v) is 19.9. The number of para-hydroxylation sites is 2. The molecule has 37 heavy (non-hydrogen) atoms. The summed E-state index contributed by atoms with van der Waals surface area (Å²) in [5.74, 6) is 1.25. The number of hydrogen-bond donors (Lipinski definition) is 2. The molecule has 2 N–H and O–H groups in total. The number of nitrogens with zero attached hydrogens (tertiary/aromatic N) is 6. The van der Waals surface area contributed by atoms with Crippen LogP contribution in [0.5, 0.6) is 5.75 Å². The number of aromatic nitrogens is 6. The van der Waals surface area contributed by atoms with Gasteiger partial charge in [0.2, 0.25) is 5.95 Å². The third-order valence-electron chi connectivity index (χ3n) is 6.71. The lowest BCUT2D eigenvalue weighted by atomic mass is 10.1. The predicted molar refractivity (Wildman–Crippen MR) is 143 cm³/mol. The Balaban J connectivity index is 1.32. The van der Waals surface area contributed by atoms with Crippen LogP contribution < -0.4 is 20.5 Å². The van der Waals surface area contributed by atoms with Gasteiger partial charge in [0.15, 0.2) is 5.65 Å². The molecule has 0 aliphatic carbocycles. The van der Waals surface area contributed by atoms with Crippen LogP contribution in [0.15, 0.2) is 78.0 Å². The molecule has 0 saturated carbocycles. The number of ether oxygens (including phenoxy) is 1. The largest absolute Gasteiger partial charge is 0.485 e. The Morgan fingerprint density at radius 2 is 1.92 bits per heavy atom. The highest BCUT2D eigenvalue weighted by atomic mass is 16.5. The number of fused-ring (bicyclic) bond motifs is 5. The zero-order valence-electron chi connectivity index (χ0n) is 19.9. The van der Waals surface area contributed by atoms with Crippen molar-refractivity contribution < 1.29 is 4.74 Å². The van der Waals surface area contributed by atoms with Crippen molar-refractivity contribution in [3.63, 3.8) is 0 Å². The molecule has 6 aromatic rings. The van der Waals surface area contributed by atoms with E-state index in [0.717, 1.165) is 28.9 Å². The number of likely N-dealkylation sites (N-methyl/N-ethyl adjacent to an activating group) is 1. The van der Waals surface area contributed by atoms with Gasteiger partial charge in [-0.25, -0.2) is 4.98 Å². The Hall–Kier alpha value is -4.99. The first kappa shape index (κ1) is 21.3. The first-order chi connectivity index (χ1) is 18.2. The van der Waals surface area contributed by atoms with Gasteiger partial charge in [-0.15, -0.1) is 0 Å². The van der Waals surface area contributed by atoms with Gasteiger partial charge in [-0.05, 0) is 36.4 Å². The second kappa shape index (κ2) is 8.30. The van der Waals surface area contributed by atoms with Gasteiger partial charge in [-0.3, -0.25) is 19.4 Å². The fourth-order valence-corrected chi connectivity index (χ4v) is 4.98. The van der Waals surface area contributed by atoms with Crippen molar-refractivity contribution in [1.29, 1.82) is 0 Å². The lowest BCUT2D eigenvalue weighted by Gasteiger charge is -2.33. The van der Waals surface area contributed by atoms with Crippen LogP contribution in [-0.2, 0) is 0 Å². The van der Waals surface area contributed by atoms with Crippen LogP contribution >= 0.6 is 0 Å². The Kier molecular flexibility index (Phi) is 4.78. The number of aromatic amines is 1. The molecule has 7 rings (SSSR count). The first-order valence-corrected chi connectivity index (χ1v) is 12.0. The number of hydrogen-bond acceptors (Lipinski definition) is 8. The topological polar surface area (TPSA) is 114 Å². The summed E-state index contributed by atoms with van der Waals surface area (Å²) in [6, 6.07) is 17.5. The van der Waals surface area contributed by atoms with E-state index in [1.807, 2.05) is 61.6 Å². The van der Waals surface area contributed by atoms with E-state index < -0.39 is 0 Å². The van der Waals surface area contributed by atoms with Gasteiger partial charge >= 0.3 is 0 Å². The molecule has 182 valence electrons. The SMILES string of the molecule is CN1CC(CNc2ncc3c4n[nH]cc4c(=O)n(-c4cccc5ncccc45)c3n2)Oc2ccccc21. The first-order valence-electron chi connectivity index (χ1n) is 12.0. The summed E-state index contributed by atoms with van der Waals surface area (Å²) in [5, 5.41) is 12.4. The summed E-state index contributed by atoms with van der Waals surface area (Å²) in [6.07, 6.45) is 4.95. The number of nitrogens with one attached hydrogen (secondary N) is 2. The summed E-state index contributed by atoms with van der Waals surface area (Å²) >= 11 is 0. The van der Waals surface area contributed by atoms with Gasteiger partial charge in [0.25, 0.3) is 5.56 Å². The Bertz CT molecular complexity index is 1860. The lowest BCUT2D eigenvalue weighted by molar-refractivity contribution is 0.208. The average Bonchev–Trinajstić information content (AvgIpc) is 3.43. The smallest absolute Gasteiger partial charge is 0.267 e. The molecule has 1 unspecified atom stereocenters. The molecule has 1 aliphatic rings. The van der Waals surface area contributed by atoms with E-state index in [-0.39, 0.29) is 11.7 Å². The summed E-state index contributed by atoms with van der Waals surface area (Å²) in [6.45, 7) is 1.22. The third-order valence-corrected chi connectivity index (χ3v) is 6.71. The third kappa shape index (κ3) is 3.45. The number of rotatable bonds is 4. The van der Waals surface area contributed by atoms with Gasteiger partial charge in [-0.2, -0.15) is 10.1 Å². The lowest BCUT2D eigenvalue weighted by Crippen LogP contribution is -2.41. The minimum atomic E-state index is -0.217. The van der Waals surface area contributed by atoms with Crippen molar-refractivity contribution in [2.24, 2.45) is 0 Å². The molecule has 2 aromatic carbocycles. The second-order valence-electron chi connectivity index (χ2n) is 9.04. The van der Waals surface area contributed by atoms with Crippen LogP contribution in [0.3, 0.4) is 0 Å². The van der Waals surface area contributed by atoms with Gasteiger partial charge in [0, 0.05) is 31.0 Å². The van der Waals surface area contributed by atoms with Gasteiger partial charge in [-0.1, -0.05) is 18.2 Å². The Morgan fingerprint density at radius 1 is 1.03 bits per heavy atom. The highest BCUT2D eigenvalue weighted by molar-refractivity contribution is 6.03. The van der Waals surface area contributed by atoms with Gasteiger partial charge in [0.05, 0.1) is 40.8 Å². The molecular formula is C27H22N8O2. The standard InChI is InChI=1S/C27H22N8O2/c1-34-15-16(37-23-10-3-2-8-22(23)34)12-29-27-30-13-18-24-19(14-31-33-24)26(36)35(25(18)32-27)21-9-4-7-20-17(21)6-5-11-28-20/h2-11,13-14,16H,12,15H2,1H3,(H,31,33)(H,29,30,32). The van der Waals surface area contributed by atoms with E-state index in [4.69, 9.17) is 9.72 Å². The monoisotopic (exact) mass is 490 g/mol. The molecule has 10 nitrogen and oxygen atoms in total.